The summed E-state index contributed by atoms with van der Waals surface area (Å²) in [5, 5.41) is 1.96. The third-order valence-electron chi connectivity index (χ3n) is 6.10. The van der Waals surface area contributed by atoms with E-state index in [1.165, 1.54) is 0 Å². The molecule has 1 saturated heterocycles. The van der Waals surface area contributed by atoms with Gasteiger partial charge in [0, 0.05) is 41.5 Å². The van der Waals surface area contributed by atoms with Crippen LogP contribution in [-0.2, 0) is 24.2 Å². The van der Waals surface area contributed by atoms with Gasteiger partial charge in [0.1, 0.15) is 5.82 Å². The van der Waals surface area contributed by atoms with Crippen LogP contribution >= 0.6 is 11.3 Å². The minimum Gasteiger partial charge on any atom is -0.332 e. The lowest BCUT2D eigenvalue weighted by molar-refractivity contribution is -0.131. The van der Waals surface area contributed by atoms with Crippen LogP contribution in [0.1, 0.15) is 51.2 Å². The molecule has 3 aromatic heterocycles. The van der Waals surface area contributed by atoms with Gasteiger partial charge in [-0.15, -0.1) is 11.3 Å². The maximum Gasteiger partial charge on any atom is 0.254 e. The van der Waals surface area contributed by atoms with Crippen molar-refractivity contribution in [2.24, 2.45) is 0 Å². The highest BCUT2D eigenvalue weighted by atomic mass is 32.1. The van der Waals surface area contributed by atoms with E-state index in [2.05, 4.69) is 9.97 Å². The Morgan fingerprint density at radius 3 is 2.81 bits per heavy atom. The molecule has 8 nitrogen and oxygen atoms in total. The molecule has 5 heterocycles. The van der Waals surface area contributed by atoms with Crippen LogP contribution < -0.4 is 5.56 Å². The van der Waals surface area contributed by atoms with Crippen molar-refractivity contribution in [2.75, 3.05) is 13.1 Å². The Morgan fingerprint density at radius 1 is 1.19 bits per heavy atom. The number of amides is 2. The van der Waals surface area contributed by atoms with E-state index in [1.54, 1.807) is 40.8 Å². The summed E-state index contributed by atoms with van der Waals surface area (Å²) in [6, 6.07) is 7.03. The molecule has 0 radical (unpaired) electrons. The first-order valence-corrected chi connectivity index (χ1v) is 11.6. The molecule has 1 atom stereocenters. The third-order valence-corrected chi connectivity index (χ3v) is 6.98. The van der Waals surface area contributed by atoms with E-state index in [9.17, 15) is 14.4 Å². The Kier molecular flexibility index (Phi) is 5.57. The van der Waals surface area contributed by atoms with Crippen LogP contribution in [0.2, 0.25) is 0 Å². The summed E-state index contributed by atoms with van der Waals surface area (Å²) < 4.78 is 0. The number of pyridine rings is 1. The number of nitrogens with one attached hydrogen (secondary N) is 1. The maximum atomic E-state index is 12.9. The number of aromatic amines is 1. The number of carbonyl (C=O) groups excluding carboxylic acids is 2. The first-order chi connectivity index (χ1) is 15.6. The number of nitrogens with zero attached hydrogens (tertiary/aromatic N) is 4. The zero-order chi connectivity index (χ0) is 22.1. The number of rotatable bonds is 4. The lowest BCUT2D eigenvalue weighted by atomic mass is 10.0. The molecule has 0 spiro atoms. The first kappa shape index (κ1) is 20.6. The van der Waals surface area contributed by atoms with Crippen molar-refractivity contribution < 1.29 is 9.59 Å². The standard InChI is InChI=1S/C23H23N5O3S/c29-20(13-16-3-2-12-32-16)28-10-1-4-19(28)21-25-18-14-27(11-7-17(18)22(30)26-21)23(31)15-5-8-24-9-6-15/h2-3,5-6,8-9,12,19H,1,4,7,10-11,13-14H2,(H,25,26,30)/t19-/m0/s1. The van der Waals surface area contributed by atoms with Crippen LogP contribution in [0.5, 0.6) is 0 Å². The predicted molar refractivity (Wildman–Crippen MR) is 119 cm³/mol. The minimum atomic E-state index is -0.244. The average Bonchev–Trinajstić information content (AvgIpc) is 3.51. The molecule has 2 aliphatic heterocycles. The zero-order valence-electron chi connectivity index (χ0n) is 17.5. The number of likely N-dealkylation sites (tertiary alicyclic amines) is 1. The third kappa shape index (κ3) is 3.95. The Labute approximate surface area is 188 Å². The van der Waals surface area contributed by atoms with Gasteiger partial charge in [-0.1, -0.05) is 6.07 Å². The summed E-state index contributed by atoms with van der Waals surface area (Å²) in [7, 11) is 0. The molecule has 1 N–H and O–H groups in total. The molecule has 0 saturated carbocycles. The summed E-state index contributed by atoms with van der Waals surface area (Å²) >= 11 is 1.57. The summed E-state index contributed by atoms with van der Waals surface area (Å²) in [6.45, 7) is 1.40. The van der Waals surface area contributed by atoms with Crippen LogP contribution in [0.3, 0.4) is 0 Å². The Bertz CT molecular complexity index is 1190. The van der Waals surface area contributed by atoms with Crippen molar-refractivity contribution in [3.05, 3.63) is 79.9 Å². The van der Waals surface area contributed by atoms with E-state index < -0.39 is 0 Å². The van der Waals surface area contributed by atoms with Crippen molar-refractivity contribution >= 4 is 23.2 Å². The molecule has 2 amide bonds. The minimum absolute atomic E-state index is 0.0461. The van der Waals surface area contributed by atoms with Gasteiger partial charge >= 0.3 is 0 Å². The van der Waals surface area contributed by atoms with Crippen LogP contribution in [-0.4, -0.2) is 49.7 Å². The van der Waals surface area contributed by atoms with E-state index in [0.717, 1.165) is 17.7 Å². The zero-order valence-corrected chi connectivity index (χ0v) is 18.3. The molecular weight excluding hydrogens is 426 g/mol. The molecule has 0 aliphatic carbocycles. The molecule has 0 aromatic carbocycles. The van der Waals surface area contributed by atoms with Crippen LogP contribution in [0.15, 0.2) is 46.8 Å². The second-order valence-corrected chi connectivity index (χ2v) is 9.12. The van der Waals surface area contributed by atoms with Gasteiger partial charge in [0.15, 0.2) is 0 Å². The molecular formula is C23H23N5O3S. The molecule has 3 aromatic rings. The largest absolute Gasteiger partial charge is 0.332 e. The van der Waals surface area contributed by atoms with Crippen LogP contribution in [0.4, 0.5) is 0 Å². The van der Waals surface area contributed by atoms with Crippen molar-refractivity contribution in [3.8, 4) is 0 Å². The normalized spacial score (nSPS) is 17.9. The summed E-state index contributed by atoms with van der Waals surface area (Å²) in [5.74, 6) is 0.462. The van der Waals surface area contributed by atoms with E-state index in [1.807, 2.05) is 22.4 Å². The van der Waals surface area contributed by atoms with Gasteiger partial charge in [0.2, 0.25) is 5.91 Å². The number of H-pyrrole nitrogens is 1. The molecule has 2 aliphatic rings. The average molecular weight is 450 g/mol. The number of hydrogen-bond donors (Lipinski definition) is 1. The lowest BCUT2D eigenvalue weighted by Gasteiger charge is -2.29. The number of hydrogen-bond acceptors (Lipinski definition) is 6. The van der Waals surface area contributed by atoms with Gasteiger partial charge in [-0.05, 0) is 42.8 Å². The van der Waals surface area contributed by atoms with Crippen molar-refractivity contribution in [1.29, 1.82) is 0 Å². The number of thiophene rings is 1. The number of fused-ring (bicyclic) bond motifs is 1. The van der Waals surface area contributed by atoms with Crippen molar-refractivity contribution in [2.45, 2.75) is 38.3 Å². The van der Waals surface area contributed by atoms with Crippen molar-refractivity contribution in [1.82, 2.24) is 24.8 Å². The molecule has 1 fully saturated rings. The van der Waals surface area contributed by atoms with Gasteiger partial charge in [-0.3, -0.25) is 19.4 Å². The Hall–Kier alpha value is -3.33. The molecule has 32 heavy (non-hydrogen) atoms. The highest BCUT2D eigenvalue weighted by Crippen LogP contribution is 2.31. The van der Waals surface area contributed by atoms with Crippen LogP contribution in [0.25, 0.3) is 0 Å². The van der Waals surface area contributed by atoms with Crippen molar-refractivity contribution in [3.63, 3.8) is 0 Å². The molecule has 0 unspecified atom stereocenters. The van der Waals surface area contributed by atoms with E-state index >= 15 is 0 Å². The quantitative estimate of drug-likeness (QED) is 0.659. The summed E-state index contributed by atoms with van der Waals surface area (Å²) in [4.78, 5) is 54.8. The molecule has 164 valence electrons. The van der Waals surface area contributed by atoms with Gasteiger partial charge in [0.05, 0.1) is 24.7 Å². The van der Waals surface area contributed by atoms with Gasteiger partial charge < -0.3 is 14.8 Å². The monoisotopic (exact) mass is 449 g/mol. The van der Waals surface area contributed by atoms with E-state index in [-0.39, 0.29) is 30.0 Å². The fraction of sp³-hybridized carbons (Fsp3) is 0.348. The smallest absolute Gasteiger partial charge is 0.254 e. The van der Waals surface area contributed by atoms with Crippen LogP contribution in [0, 0.1) is 0 Å². The van der Waals surface area contributed by atoms with Gasteiger partial charge in [0.25, 0.3) is 11.5 Å². The second kappa shape index (κ2) is 8.66. The predicted octanol–water partition coefficient (Wildman–Crippen LogP) is 2.33. The number of carbonyl (C=O) groups is 2. The topological polar surface area (TPSA) is 99.3 Å². The van der Waals surface area contributed by atoms with E-state index in [0.29, 0.717) is 48.6 Å². The highest BCUT2D eigenvalue weighted by molar-refractivity contribution is 7.10. The Balaban J connectivity index is 1.38. The molecule has 5 rings (SSSR count). The summed E-state index contributed by atoms with van der Waals surface area (Å²) in [5.41, 5.74) is 1.64. The maximum absolute atomic E-state index is 12.9. The van der Waals surface area contributed by atoms with E-state index in [4.69, 9.17) is 4.98 Å². The first-order valence-electron chi connectivity index (χ1n) is 10.7. The number of aromatic nitrogens is 3. The fourth-order valence-corrected chi connectivity index (χ4v) is 5.18. The highest BCUT2D eigenvalue weighted by Gasteiger charge is 2.33. The second-order valence-electron chi connectivity index (χ2n) is 8.09. The van der Waals surface area contributed by atoms with Gasteiger partial charge in [-0.25, -0.2) is 4.98 Å². The SMILES string of the molecule is O=C(c1ccncc1)N1CCc2c(nc([C@@H]3CCCN3C(=O)Cc3cccs3)[nH]c2=O)C1. The molecule has 9 heteroatoms. The lowest BCUT2D eigenvalue weighted by Crippen LogP contribution is -2.40. The Morgan fingerprint density at radius 2 is 2.03 bits per heavy atom. The molecule has 0 bridgehead atoms. The fourth-order valence-electron chi connectivity index (χ4n) is 4.48. The van der Waals surface area contributed by atoms with Gasteiger partial charge in [-0.2, -0.15) is 0 Å². The summed E-state index contributed by atoms with van der Waals surface area (Å²) in [6.07, 6.45) is 5.63.